The minimum absolute atomic E-state index is 0.0466. The Morgan fingerprint density at radius 1 is 1.28 bits per heavy atom. The van der Waals surface area contributed by atoms with Crippen molar-refractivity contribution in [3.05, 3.63) is 34.5 Å². The zero-order chi connectivity index (χ0) is 23.5. The molecule has 1 heterocycles. The number of hydrogen-bond donors (Lipinski definition) is 2. The Morgan fingerprint density at radius 3 is 2.62 bits per heavy atom. The fourth-order valence-corrected chi connectivity index (χ4v) is 7.21. The van der Waals surface area contributed by atoms with E-state index in [9.17, 15) is 13.2 Å². The van der Waals surface area contributed by atoms with Crippen molar-refractivity contribution in [2.75, 3.05) is 12.8 Å². The molecule has 4 rings (SSSR count). The zero-order valence-corrected chi connectivity index (χ0v) is 21.2. The normalized spacial score (nSPS) is 26.7. The van der Waals surface area contributed by atoms with Crippen molar-refractivity contribution in [2.45, 2.75) is 66.0 Å². The van der Waals surface area contributed by atoms with Crippen LogP contribution in [0.1, 0.15) is 62.5 Å². The van der Waals surface area contributed by atoms with Crippen LogP contribution in [0.2, 0.25) is 5.02 Å². The second-order valence-corrected chi connectivity index (χ2v) is 12.8. The molecular weight excluding hydrogens is 446 g/mol. The van der Waals surface area contributed by atoms with Crippen molar-refractivity contribution in [1.82, 2.24) is 14.6 Å². The highest BCUT2D eigenvalue weighted by molar-refractivity contribution is 7.88. The summed E-state index contributed by atoms with van der Waals surface area (Å²) in [7, 11) is -3.23. The van der Waals surface area contributed by atoms with Gasteiger partial charge in [-0.15, -0.1) is 0 Å². The summed E-state index contributed by atoms with van der Waals surface area (Å²) >= 11 is 6.56. The number of fused-ring (bicyclic) bond motifs is 3. The molecule has 2 N–H and O–H groups in total. The van der Waals surface area contributed by atoms with E-state index in [1.165, 1.54) is 12.8 Å². The number of halogens is 1. The van der Waals surface area contributed by atoms with E-state index < -0.39 is 10.0 Å². The standard InChI is InChI=1S/C24H34ClN3O3S/c1-15-19(21(29)27-22-23(2,3)16-10-11-24(22,4)14-16)17-8-6-9-18(25)20(17)28(15)13-7-12-26-32(5,30)31/h6,8-9,16,22,26H,7,10-14H2,1-5H3,(H,27,29)/t16?,22?,24-/m0/s1. The van der Waals surface area contributed by atoms with Gasteiger partial charge in [0.2, 0.25) is 10.0 Å². The highest BCUT2D eigenvalue weighted by Crippen LogP contribution is 2.62. The molecule has 1 aromatic heterocycles. The molecule has 0 radical (unpaired) electrons. The molecule has 6 nitrogen and oxygen atoms in total. The van der Waals surface area contributed by atoms with E-state index in [0.717, 1.165) is 29.3 Å². The third kappa shape index (κ3) is 3.97. The first kappa shape index (κ1) is 23.6. The van der Waals surface area contributed by atoms with E-state index >= 15 is 0 Å². The molecule has 2 aliphatic carbocycles. The second kappa shape index (κ2) is 8.03. The lowest BCUT2D eigenvalue weighted by Gasteiger charge is -2.43. The molecule has 2 saturated carbocycles. The van der Waals surface area contributed by atoms with Gasteiger partial charge in [-0.2, -0.15) is 0 Å². The molecule has 0 saturated heterocycles. The molecule has 0 spiro atoms. The fourth-order valence-electron chi connectivity index (χ4n) is 6.42. The van der Waals surface area contributed by atoms with Crippen molar-refractivity contribution >= 4 is 38.4 Å². The molecule has 0 aliphatic heterocycles. The summed E-state index contributed by atoms with van der Waals surface area (Å²) in [5, 5.41) is 4.86. The molecule has 1 amide bonds. The molecule has 2 aliphatic rings. The molecule has 2 fully saturated rings. The van der Waals surface area contributed by atoms with Crippen LogP contribution in [0.5, 0.6) is 0 Å². The van der Waals surface area contributed by atoms with Crippen LogP contribution in [0.25, 0.3) is 10.9 Å². The van der Waals surface area contributed by atoms with Crippen molar-refractivity contribution < 1.29 is 13.2 Å². The molecule has 176 valence electrons. The monoisotopic (exact) mass is 479 g/mol. The SMILES string of the molecule is Cc1c(C(=O)NC2C(C)(C)C3CC[C@@]2(C)C3)c2cccc(Cl)c2n1CCCNS(C)(=O)=O. The van der Waals surface area contributed by atoms with Gasteiger partial charge in [0.1, 0.15) is 0 Å². The number of sulfonamides is 1. The van der Waals surface area contributed by atoms with Crippen LogP contribution in [-0.2, 0) is 16.6 Å². The maximum atomic E-state index is 13.7. The quantitative estimate of drug-likeness (QED) is 0.574. The number of hydrogen-bond acceptors (Lipinski definition) is 3. The van der Waals surface area contributed by atoms with Crippen molar-refractivity contribution in [3.8, 4) is 0 Å². The number of aryl methyl sites for hydroxylation is 1. The number of amides is 1. The Kier molecular flexibility index (Phi) is 5.92. The Balaban J connectivity index is 1.65. The lowest BCUT2D eigenvalue weighted by molar-refractivity contribution is 0.0738. The van der Waals surface area contributed by atoms with Crippen LogP contribution in [0.15, 0.2) is 18.2 Å². The van der Waals surface area contributed by atoms with Gasteiger partial charge in [-0.05, 0) is 55.4 Å². The van der Waals surface area contributed by atoms with Crippen LogP contribution in [0, 0.1) is 23.7 Å². The fraction of sp³-hybridized carbons (Fsp3) is 0.625. The highest BCUT2D eigenvalue weighted by Gasteiger charge is 2.59. The van der Waals surface area contributed by atoms with Crippen LogP contribution in [-0.4, -0.2) is 37.7 Å². The number of para-hydroxylation sites is 1. The third-order valence-corrected chi connectivity index (χ3v) is 9.02. The van der Waals surface area contributed by atoms with E-state index in [0.29, 0.717) is 36.0 Å². The summed E-state index contributed by atoms with van der Waals surface area (Å²) in [5.41, 5.74) is 2.57. The first-order valence-corrected chi connectivity index (χ1v) is 13.6. The van der Waals surface area contributed by atoms with E-state index in [-0.39, 0.29) is 22.8 Å². The van der Waals surface area contributed by atoms with E-state index in [1.807, 2.05) is 29.7 Å². The summed E-state index contributed by atoms with van der Waals surface area (Å²) in [6, 6.07) is 5.79. The molecule has 3 atom stereocenters. The molecule has 8 heteroatoms. The first-order chi connectivity index (χ1) is 14.8. The number of aromatic nitrogens is 1. The minimum atomic E-state index is -3.23. The summed E-state index contributed by atoms with van der Waals surface area (Å²) < 4.78 is 27.3. The lowest BCUT2D eigenvalue weighted by Crippen LogP contribution is -2.52. The Hall–Kier alpha value is -1.57. The number of benzene rings is 1. The smallest absolute Gasteiger partial charge is 0.253 e. The maximum absolute atomic E-state index is 13.7. The van der Waals surface area contributed by atoms with Crippen molar-refractivity contribution in [2.24, 2.45) is 16.7 Å². The van der Waals surface area contributed by atoms with Crippen LogP contribution < -0.4 is 10.0 Å². The molecular formula is C24H34ClN3O3S. The Labute approximate surface area is 196 Å². The average Bonchev–Trinajstić information content (AvgIpc) is 3.27. The second-order valence-electron chi connectivity index (χ2n) is 10.6. The number of carbonyl (C=O) groups excluding carboxylic acids is 1. The van der Waals surface area contributed by atoms with Crippen LogP contribution in [0.3, 0.4) is 0 Å². The van der Waals surface area contributed by atoms with Gasteiger partial charge < -0.3 is 9.88 Å². The lowest BCUT2D eigenvalue weighted by atomic mass is 9.68. The van der Waals surface area contributed by atoms with E-state index in [1.54, 1.807) is 0 Å². The summed E-state index contributed by atoms with van der Waals surface area (Å²) in [4.78, 5) is 13.7. The number of rotatable bonds is 7. The first-order valence-electron chi connectivity index (χ1n) is 11.4. The van der Waals surface area contributed by atoms with Gasteiger partial charge in [0.05, 0.1) is 22.4 Å². The van der Waals surface area contributed by atoms with Gasteiger partial charge in [-0.25, -0.2) is 13.1 Å². The number of nitrogens with zero attached hydrogens (tertiary/aromatic N) is 1. The van der Waals surface area contributed by atoms with E-state index in [4.69, 9.17) is 11.6 Å². The molecule has 2 unspecified atom stereocenters. The molecule has 2 bridgehead atoms. The van der Waals surface area contributed by atoms with Crippen LogP contribution in [0.4, 0.5) is 0 Å². The number of carbonyl (C=O) groups is 1. The minimum Gasteiger partial charge on any atom is -0.348 e. The van der Waals surface area contributed by atoms with Crippen molar-refractivity contribution in [1.29, 1.82) is 0 Å². The summed E-state index contributed by atoms with van der Waals surface area (Å²) in [6.07, 6.45) is 5.32. The van der Waals surface area contributed by atoms with Gasteiger partial charge in [0.15, 0.2) is 0 Å². The Morgan fingerprint density at radius 2 is 2.00 bits per heavy atom. The third-order valence-electron chi connectivity index (χ3n) is 7.99. The van der Waals surface area contributed by atoms with Gasteiger partial charge in [0.25, 0.3) is 5.91 Å². The van der Waals surface area contributed by atoms with Crippen molar-refractivity contribution in [3.63, 3.8) is 0 Å². The average molecular weight is 480 g/mol. The summed E-state index contributed by atoms with van der Waals surface area (Å²) in [6.45, 7) is 9.73. The maximum Gasteiger partial charge on any atom is 0.253 e. The topological polar surface area (TPSA) is 80.2 Å². The van der Waals surface area contributed by atoms with Crippen LogP contribution >= 0.6 is 11.6 Å². The number of nitrogens with one attached hydrogen (secondary N) is 2. The molecule has 32 heavy (non-hydrogen) atoms. The molecule has 1 aromatic carbocycles. The zero-order valence-electron chi connectivity index (χ0n) is 19.6. The van der Waals surface area contributed by atoms with E-state index in [2.05, 4.69) is 30.8 Å². The molecule has 2 aromatic rings. The predicted octanol–water partition coefficient (Wildman–Crippen LogP) is 4.49. The van der Waals surface area contributed by atoms with Gasteiger partial charge >= 0.3 is 0 Å². The highest BCUT2D eigenvalue weighted by atomic mass is 35.5. The predicted molar refractivity (Wildman–Crippen MR) is 130 cm³/mol. The van der Waals surface area contributed by atoms with Gasteiger partial charge in [-0.1, -0.05) is 44.5 Å². The largest absolute Gasteiger partial charge is 0.348 e. The van der Waals surface area contributed by atoms with Gasteiger partial charge in [0, 0.05) is 30.2 Å². The Bertz CT molecular complexity index is 1170. The van der Waals surface area contributed by atoms with Gasteiger partial charge in [-0.3, -0.25) is 4.79 Å². The summed E-state index contributed by atoms with van der Waals surface area (Å²) in [5.74, 6) is 0.603.